The number of rotatable bonds is 2. The largest absolute Gasteiger partial charge is 0.465 e. The third-order valence-corrected chi connectivity index (χ3v) is 3.71. The van der Waals surface area contributed by atoms with Crippen LogP contribution < -0.4 is 5.46 Å². The van der Waals surface area contributed by atoms with Crippen LogP contribution in [-0.4, -0.2) is 30.3 Å². The molecule has 2 radical (unpaired) electrons. The molecular formula is C15H8BClF2N2O2. The molecule has 0 unspecified atom stereocenters. The fourth-order valence-corrected chi connectivity index (χ4v) is 2.50. The molecule has 23 heavy (non-hydrogen) atoms. The van der Waals surface area contributed by atoms with Crippen LogP contribution in [0.2, 0.25) is 5.15 Å². The summed E-state index contributed by atoms with van der Waals surface area (Å²) in [5.41, 5.74) is 0.292. The van der Waals surface area contributed by atoms with Crippen molar-refractivity contribution in [1.82, 2.24) is 9.38 Å². The first-order valence-electron chi connectivity index (χ1n) is 6.43. The number of imidazole rings is 1. The highest BCUT2D eigenvalue weighted by Gasteiger charge is 2.20. The van der Waals surface area contributed by atoms with E-state index in [2.05, 4.69) is 9.72 Å². The summed E-state index contributed by atoms with van der Waals surface area (Å²) >= 11 is 6.19. The van der Waals surface area contributed by atoms with Gasteiger partial charge in [0, 0.05) is 11.8 Å². The van der Waals surface area contributed by atoms with E-state index in [0.29, 0.717) is 0 Å². The highest BCUT2D eigenvalue weighted by Crippen LogP contribution is 2.30. The number of fused-ring (bicyclic) bond motifs is 1. The molecule has 8 heteroatoms. The van der Waals surface area contributed by atoms with Gasteiger partial charge in [0.2, 0.25) is 0 Å². The van der Waals surface area contributed by atoms with Crippen molar-refractivity contribution in [2.75, 3.05) is 7.11 Å². The lowest BCUT2D eigenvalue weighted by molar-refractivity contribution is 0.0600. The van der Waals surface area contributed by atoms with Gasteiger partial charge in [-0.2, -0.15) is 0 Å². The molecule has 0 saturated carbocycles. The van der Waals surface area contributed by atoms with E-state index in [1.807, 2.05) is 0 Å². The van der Waals surface area contributed by atoms with E-state index in [9.17, 15) is 13.6 Å². The molecule has 0 aliphatic rings. The maximum absolute atomic E-state index is 14.1. The quantitative estimate of drug-likeness (QED) is 0.535. The second kappa shape index (κ2) is 5.66. The first kappa shape index (κ1) is 15.5. The average molecular weight is 333 g/mol. The zero-order valence-corrected chi connectivity index (χ0v) is 12.6. The lowest BCUT2D eigenvalue weighted by atomic mass is 9.89. The Bertz CT molecular complexity index is 943. The molecule has 0 atom stereocenters. The molecule has 0 aliphatic carbocycles. The number of methoxy groups -OCH3 is 1. The van der Waals surface area contributed by atoms with E-state index < -0.39 is 17.6 Å². The van der Waals surface area contributed by atoms with Crippen LogP contribution in [-0.2, 0) is 4.74 Å². The summed E-state index contributed by atoms with van der Waals surface area (Å²) in [5.74, 6) is -2.74. The van der Waals surface area contributed by atoms with Gasteiger partial charge in [0.1, 0.15) is 24.3 Å². The van der Waals surface area contributed by atoms with Gasteiger partial charge in [-0.1, -0.05) is 23.1 Å². The smallest absolute Gasteiger partial charge is 0.338 e. The molecule has 0 bridgehead atoms. The molecule has 2 aromatic heterocycles. The van der Waals surface area contributed by atoms with Gasteiger partial charge >= 0.3 is 5.97 Å². The highest BCUT2D eigenvalue weighted by atomic mass is 35.5. The number of hydrogen-bond acceptors (Lipinski definition) is 3. The maximum Gasteiger partial charge on any atom is 0.338 e. The number of halogens is 3. The monoisotopic (exact) mass is 332 g/mol. The number of esters is 1. The molecule has 114 valence electrons. The van der Waals surface area contributed by atoms with Gasteiger partial charge in [-0.3, -0.25) is 4.40 Å². The van der Waals surface area contributed by atoms with Crippen molar-refractivity contribution in [2.45, 2.75) is 0 Å². The predicted octanol–water partition coefficient (Wildman–Crippen LogP) is 2.51. The molecule has 4 nitrogen and oxygen atoms in total. The Balaban J connectivity index is 2.26. The fourth-order valence-electron chi connectivity index (χ4n) is 2.22. The Hall–Kier alpha value is -2.41. The highest BCUT2D eigenvalue weighted by molar-refractivity contribution is 6.38. The maximum atomic E-state index is 14.1. The van der Waals surface area contributed by atoms with Crippen molar-refractivity contribution in [3.05, 3.63) is 52.8 Å². The van der Waals surface area contributed by atoms with Crippen LogP contribution >= 0.6 is 11.6 Å². The van der Waals surface area contributed by atoms with E-state index in [-0.39, 0.29) is 33.1 Å². The molecule has 0 saturated heterocycles. The van der Waals surface area contributed by atoms with Gasteiger partial charge in [-0.15, -0.1) is 0 Å². The first-order chi connectivity index (χ1) is 10.9. The van der Waals surface area contributed by atoms with Crippen LogP contribution in [0.4, 0.5) is 8.78 Å². The predicted molar refractivity (Wildman–Crippen MR) is 82.3 cm³/mol. The molecule has 1 aromatic carbocycles. The molecule has 0 amide bonds. The first-order valence-corrected chi connectivity index (χ1v) is 6.81. The Morgan fingerprint density at radius 2 is 2.09 bits per heavy atom. The fraction of sp³-hybridized carbons (Fsp3) is 0.0667. The van der Waals surface area contributed by atoms with Crippen LogP contribution in [0, 0.1) is 11.6 Å². The molecule has 2 heterocycles. The Morgan fingerprint density at radius 1 is 1.35 bits per heavy atom. The zero-order valence-electron chi connectivity index (χ0n) is 11.8. The summed E-state index contributed by atoms with van der Waals surface area (Å²) in [6, 6.07) is 5.05. The summed E-state index contributed by atoms with van der Waals surface area (Å²) in [4.78, 5) is 15.7. The van der Waals surface area contributed by atoms with Gasteiger partial charge < -0.3 is 4.74 Å². The Labute approximate surface area is 136 Å². The van der Waals surface area contributed by atoms with Crippen LogP contribution in [0.15, 0.2) is 30.5 Å². The Morgan fingerprint density at radius 3 is 2.78 bits per heavy atom. The van der Waals surface area contributed by atoms with Crippen molar-refractivity contribution in [2.24, 2.45) is 0 Å². The van der Waals surface area contributed by atoms with Gasteiger partial charge in [-0.05, 0) is 18.2 Å². The Kier molecular flexibility index (Phi) is 3.81. The summed E-state index contributed by atoms with van der Waals surface area (Å²) in [6.07, 6.45) is 1.48. The number of hydrogen-bond donors (Lipinski definition) is 0. The number of carbonyl (C=O) groups is 1. The second-order valence-electron chi connectivity index (χ2n) is 4.71. The third-order valence-electron chi connectivity index (χ3n) is 3.35. The van der Waals surface area contributed by atoms with Gasteiger partial charge in [0.05, 0.1) is 12.7 Å². The lowest BCUT2D eigenvalue weighted by Gasteiger charge is -2.06. The summed E-state index contributed by atoms with van der Waals surface area (Å²) in [5, 5.41) is 0.0487. The second-order valence-corrected chi connectivity index (χ2v) is 5.07. The van der Waals surface area contributed by atoms with Gasteiger partial charge in [0.15, 0.2) is 11.6 Å². The number of benzene rings is 1. The van der Waals surface area contributed by atoms with Crippen LogP contribution in [0.25, 0.3) is 16.9 Å². The van der Waals surface area contributed by atoms with Gasteiger partial charge in [-0.25, -0.2) is 18.6 Å². The van der Waals surface area contributed by atoms with E-state index >= 15 is 0 Å². The molecular weight excluding hydrogens is 324 g/mol. The SMILES string of the molecule is [B]c1ccc(F)c(F)c1-c1nc2cc(C(=O)OC)ccn2c1Cl. The minimum absolute atomic E-state index is 0.00222. The van der Waals surface area contributed by atoms with Crippen LogP contribution in [0.1, 0.15) is 10.4 Å². The van der Waals surface area contributed by atoms with Crippen LogP contribution in [0.3, 0.4) is 0 Å². The van der Waals surface area contributed by atoms with E-state index in [0.717, 1.165) is 6.07 Å². The van der Waals surface area contributed by atoms with Gasteiger partial charge in [0.25, 0.3) is 0 Å². The number of carbonyl (C=O) groups excluding carboxylic acids is 1. The van der Waals surface area contributed by atoms with Crippen molar-refractivity contribution >= 4 is 36.5 Å². The number of aromatic nitrogens is 2. The van der Waals surface area contributed by atoms with Crippen molar-refractivity contribution in [3.63, 3.8) is 0 Å². The van der Waals surface area contributed by atoms with Crippen LogP contribution in [0.5, 0.6) is 0 Å². The summed E-state index contributed by atoms with van der Waals surface area (Å²) in [6.45, 7) is 0. The van der Waals surface area contributed by atoms with Crippen molar-refractivity contribution in [1.29, 1.82) is 0 Å². The minimum atomic E-state index is -1.14. The van der Waals surface area contributed by atoms with Crippen molar-refractivity contribution < 1.29 is 18.3 Å². The number of pyridine rings is 1. The molecule has 3 rings (SSSR count). The topological polar surface area (TPSA) is 43.6 Å². The summed E-state index contributed by atoms with van der Waals surface area (Å²) in [7, 11) is 6.97. The molecule has 0 fully saturated rings. The molecule has 3 aromatic rings. The number of ether oxygens (including phenoxy) is 1. The molecule has 0 spiro atoms. The molecule has 0 aliphatic heterocycles. The lowest BCUT2D eigenvalue weighted by Crippen LogP contribution is -2.11. The minimum Gasteiger partial charge on any atom is -0.465 e. The molecule has 0 N–H and O–H groups in total. The van der Waals surface area contributed by atoms with E-state index in [4.69, 9.17) is 19.4 Å². The van der Waals surface area contributed by atoms with Crippen molar-refractivity contribution in [3.8, 4) is 11.3 Å². The van der Waals surface area contributed by atoms with E-state index in [1.165, 1.54) is 35.9 Å². The summed E-state index contributed by atoms with van der Waals surface area (Å²) < 4.78 is 33.6. The number of nitrogens with zero attached hydrogens (tertiary/aromatic N) is 2. The average Bonchev–Trinajstić information content (AvgIpc) is 2.87. The third kappa shape index (κ3) is 2.47. The normalized spacial score (nSPS) is 11.0. The zero-order chi connectivity index (χ0) is 16.7. The van der Waals surface area contributed by atoms with E-state index in [1.54, 1.807) is 0 Å². The standard InChI is InChI=1S/C15H8BClF2N2O2/c1-23-15(22)7-4-5-21-10(6-7)20-13(14(21)17)11-8(16)2-3-9(18)12(11)19/h2-6H,1H3.